The first kappa shape index (κ1) is 18.8. The lowest BCUT2D eigenvalue weighted by Gasteiger charge is -2.26. The highest BCUT2D eigenvalue weighted by Gasteiger charge is 2.18. The lowest BCUT2D eigenvalue weighted by Crippen LogP contribution is -2.40. The zero-order chi connectivity index (χ0) is 21.5. The Hall–Kier alpha value is -3.97. The van der Waals surface area contributed by atoms with E-state index in [-0.39, 0.29) is 5.91 Å². The van der Waals surface area contributed by atoms with E-state index >= 15 is 0 Å². The van der Waals surface area contributed by atoms with Crippen molar-refractivity contribution in [1.29, 1.82) is 0 Å². The molecule has 2 aromatic carbocycles. The molecule has 1 amide bonds. The molecule has 1 aliphatic rings. The molecule has 3 aromatic heterocycles. The fourth-order valence-corrected chi connectivity index (χ4v) is 4.06. The summed E-state index contributed by atoms with van der Waals surface area (Å²) in [5.41, 5.74) is 4.82. The first-order chi connectivity index (χ1) is 15.8. The minimum absolute atomic E-state index is 0.0324. The van der Waals surface area contributed by atoms with Crippen molar-refractivity contribution in [2.45, 2.75) is 0 Å². The topological polar surface area (TPSA) is 72.9 Å². The van der Waals surface area contributed by atoms with Gasteiger partial charge < -0.3 is 14.1 Å². The Morgan fingerprint density at radius 1 is 0.938 bits per heavy atom. The third kappa shape index (κ3) is 3.23. The van der Waals surface area contributed by atoms with Crippen LogP contribution in [0.3, 0.4) is 0 Å². The molecule has 4 heterocycles. The molecule has 0 aliphatic carbocycles. The summed E-state index contributed by atoms with van der Waals surface area (Å²) in [5.74, 6) is 0.785. The Balaban J connectivity index is 1.33. The van der Waals surface area contributed by atoms with Crippen molar-refractivity contribution in [3.63, 3.8) is 0 Å². The maximum atomic E-state index is 12.7. The highest BCUT2D eigenvalue weighted by molar-refractivity contribution is 5.94. The fourth-order valence-electron chi connectivity index (χ4n) is 4.06. The Bertz CT molecular complexity index is 1400. The van der Waals surface area contributed by atoms with Gasteiger partial charge in [0.05, 0.1) is 31.3 Å². The summed E-state index contributed by atoms with van der Waals surface area (Å²) in [4.78, 5) is 23.6. The highest BCUT2D eigenvalue weighted by atomic mass is 16.5. The van der Waals surface area contributed by atoms with Gasteiger partial charge in [-0.15, -0.1) is 0 Å². The second-order valence-electron chi connectivity index (χ2n) is 7.77. The van der Waals surface area contributed by atoms with Gasteiger partial charge in [-0.2, -0.15) is 0 Å². The molecule has 6 rings (SSSR count). The van der Waals surface area contributed by atoms with Crippen molar-refractivity contribution in [3.05, 3.63) is 78.8 Å². The summed E-state index contributed by atoms with van der Waals surface area (Å²) in [7, 11) is 0. The van der Waals surface area contributed by atoms with Gasteiger partial charge in [0.1, 0.15) is 11.3 Å². The number of para-hydroxylation sites is 1. The number of hydrogen-bond acceptors (Lipinski definition) is 5. The molecular formula is C25H20N4O3. The number of amides is 1. The highest BCUT2D eigenvalue weighted by Crippen LogP contribution is 2.29. The van der Waals surface area contributed by atoms with Crippen molar-refractivity contribution < 1.29 is 13.9 Å². The number of imidazole rings is 1. The predicted molar refractivity (Wildman–Crippen MR) is 120 cm³/mol. The van der Waals surface area contributed by atoms with Crippen molar-refractivity contribution in [1.82, 2.24) is 19.3 Å². The van der Waals surface area contributed by atoms with Crippen LogP contribution in [-0.4, -0.2) is 51.5 Å². The fraction of sp³-hybridized carbons (Fsp3) is 0.160. The summed E-state index contributed by atoms with van der Waals surface area (Å²) in [5, 5.41) is 1.05. The van der Waals surface area contributed by atoms with E-state index in [1.54, 1.807) is 12.4 Å². The number of aromatic nitrogens is 3. The van der Waals surface area contributed by atoms with Gasteiger partial charge >= 0.3 is 0 Å². The van der Waals surface area contributed by atoms with Crippen LogP contribution in [0.4, 0.5) is 0 Å². The van der Waals surface area contributed by atoms with Gasteiger partial charge in [-0.25, -0.2) is 4.98 Å². The van der Waals surface area contributed by atoms with Gasteiger partial charge in [0, 0.05) is 35.8 Å². The maximum Gasteiger partial charge on any atom is 0.254 e. The molecule has 7 heteroatoms. The molecule has 1 aliphatic heterocycles. The quantitative estimate of drug-likeness (QED) is 0.432. The number of morpholine rings is 1. The van der Waals surface area contributed by atoms with Crippen LogP contribution >= 0.6 is 0 Å². The SMILES string of the molecule is O=C(c1ccc(-c2cn3c(-c4cc5ccccc5o4)cnc3cn2)cc1)N1CCOCC1. The van der Waals surface area contributed by atoms with E-state index in [1.807, 2.05) is 70.1 Å². The van der Waals surface area contributed by atoms with E-state index in [1.165, 1.54) is 0 Å². The van der Waals surface area contributed by atoms with E-state index in [0.29, 0.717) is 31.9 Å². The maximum absolute atomic E-state index is 12.7. The summed E-state index contributed by atoms with van der Waals surface area (Å²) in [6.45, 7) is 2.44. The van der Waals surface area contributed by atoms with Crippen LogP contribution in [-0.2, 0) is 4.74 Å². The normalized spacial score (nSPS) is 14.3. The third-order valence-corrected chi connectivity index (χ3v) is 5.80. The van der Waals surface area contributed by atoms with Gasteiger partial charge in [0.25, 0.3) is 5.91 Å². The van der Waals surface area contributed by atoms with E-state index in [4.69, 9.17) is 9.15 Å². The van der Waals surface area contributed by atoms with E-state index in [9.17, 15) is 4.79 Å². The Morgan fingerprint density at radius 2 is 1.75 bits per heavy atom. The van der Waals surface area contributed by atoms with Gasteiger partial charge in [-0.3, -0.25) is 14.2 Å². The van der Waals surface area contributed by atoms with Crippen LogP contribution in [0.25, 0.3) is 39.3 Å². The molecule has 0 bridgehead atoms. The van der Waals surface area contributed by atoms with Crippen LogP contribution in [0.15, 0.2) is 77.6 Å². The molecule has 7 nitrogen and oxygen atoms in total. The standard InChI is InChI=1S/C25H20N4O3/c30-25(28-9-11-31-12-10-28)18-7-5-17(6-8-18)20-16-29-21(14-27-24(29)15-26-20)23-13-19-3-1-2-4-22(19)32-23/h1-8,13-16H,9-12H2. The van der Waals surface area contributed by atoms with Crippen LogP contribution in [0.2, 0.25) is 0 Å². The van der Waals surface area contributed by atoms with Gasteiger partial charge in [0.15, 0.2) is 11.4 Å². The Kier molecular flexibility index (Phi) is 4.47. The number of nitrogens with zero attached hydrogens (tertiary/aromatic N) is 4. The molecule has 5 aromatic rings. The van der Waals surface area contributed by atoms with Crippen molar-refractivity contribution >= 4 is 22.5 Å². The molecule has 0 N–H and O–H groups in total. The summed E-state index contributed by atoms with van der Waals surface area (Å²) in [6.07, 6.45) is 5.49. The molecule has 0 spiro atoms. The largest absolute Gasteiger partial charge is 0.454 e. The number of ether oxygens (including phenoxy) is 1. The average molecular weight is 424 g/mol. The van der Waals surface area contributed by atoms with Gasteiger partial charge in [-0.05, 0) is 24.3 Å². The first-order valence-corrected chi connectivity index (χ1v) is 10.6. The molecule has 1 saturated heterocycles. The van der Waals surface area contributed by atoms with Gasteiger partial charge in [-0.1, -0.05) is 30.3 Å². The van der Waals surface area contributed by atoms with Crippen LogP contribution in [0, 0.1) is 0 Å². The Morgan fingerprint density at radius 3 is 2.56 bits per heavy atom. The number of carbonyl (C=O) groups excluding carboxylic acids is 1. The second kappa shape index (κ2) is 7.62. The van der Waals surface area contributed by atoms with Crippen LogP contribution in [0.5, 0.6) is 0 Å². The molecular weight excluding hydrogens is 404 g/mol. The third-order valence-electron chi connectivity index (χ3n) is 5.80. The molecule has 0 unspecified atom stereocenters. The van der Waals surface area contributed by atoms with Crippen molar-refractivity contribution in [2.24, 2.45) is 0 Å². The molecule has 158 valence electrons. The number of fused-ring (bicyclic) bond motifs is 2. The van der Waals surface area contributed by atoms with Crippen LogP contribution in [0.1, 0.15) is 10.4 Å². The monoisotopic (exact) mass is 424 g/mol. The second-order valence-corrected chi connectivity index (χ2v) is 7.77. The molecule has 32 heavy (non-hydrogen) atoms. The van der Waals surface area contributed by atoms with Gasteiger partial charge in [0.2, 0.25) is 0 Å². The zero-order valence-electron chi connectivity index (χ0n) is 17.3. The molecule has 0 saturated carbocycles. The number of rotatable bonds is 3. The van der Waals surface area contributed by atoms with E-state index in [2.05, 4.69) is 9.97 Å². The smallest absolute Gasteiger partial charge is 0.254 e. The lowest BCUT2D eigenvalue weighted by molar-refractivity contribution is 0.0303. The molecule has 0 atom stereocenters. The predicted octanol–water partition coefficient (Wildman–Crippen LogP) is 4.28. The zero-order valence-corrected chi connectivity index (χ0v) is 17.3. The lowest BCUT2D eigenvalue weighted by atomic mass is 10.1. The average Bonchev–Trinajstić information content (AvgIpc) is 3.47. The van der Waals surface area contributed by atoms with Crippen molar-refractivity contribution in [3.8, 4) is 22.7 Å². The summed E-state index contributed by atoms with van der Waals surface area (Å²) >= 11 is 0. The van der Waals surface area contributed by atoms with E-state index in [0.717, 1.165) is 39.3 Å². The number of furan rings is 1. The number of hydrogen-bond donors (Lipinski definition) is 0. The Labute approximate surface area is 183 Å². The summed E-state index contributed by atoms with van der Waals surface area (Å²) in [6, 6.07) is 17.5. The van der Waals surface area contributed by atoms with E-state index < -0.39 is 0 Å². The molecule has 0 radical (unpaired) electrons. The first-order valence-electron chi connectivity index (χ1n) is 10.6. The van der Waals surface area contributed by atoms with Crippen LogP contribution < -0.4 is 0 Å². The minimum Gasteiger partial charge on any atom is -0.454 e. The number of carbonyl (C=O) groups is 1. The number of benzene rings is 2. The van der Waals surface area contributed by atoms with Crippen molar-refractivity contribution in [2.75, 3.05) is 26.3 Å². The molecule has 1 fully saturated rings. The summed E-state index contributed by atoms with van der Waals surface area (Å²) < 4.78 is 13.3. The minimum atomic E-state index is 0.0324.